The van der Waals surface area contributed by atoms with E-state index in [0.717, 1.165) is 12.0 Å². The van der Waals surface area contributed by atoms with Gasteiger partial charge in [0, 0.05) is 12.0 Å². The zero-order valence-corrected chi connectivity index (χ0v) is 7.39. The van der Waals surface area contributed by atoms with Crippen LogP contribution in [0.5, 0.6) is 0 Å². The summed E-state index contributed by atoms with van der Waals surface area (Å²) in [6.07, 6.45) is 2.92. The van der Waals surface area contributed by atoms with Crippen LogP contribution in [0.1, 0.15) is 17.5 Å². The van der Waals surface area contributed by atoms with E-state index in [1.807, 2.05) is 24.3 Å². The highest BCUT2D eigenvalue weighted by Crippen LogP contribution is 2.32. The van der Waals surface area contributed by atoms with E-state index in [1.165, 1.54) is 5.56 Å². The Morgan fingerprint density at radius 3 is 2.77 bits per heavy atom. The largest absolute Gasteiger partial charge is 0.211 e. The number of benzene rings is 1. The number of halogens is 1. The number of rotatable bonds is 1. The maximum absolute atomic E-state index is 13.3. The molecular weight excluding hydrogens is 163 g/mol. The first-order valence-electron chi connectivity index (χ1n) is 4.42. The lowest BCUT2D eigenvalue weighted by Crippen LogP contribution is -2.00. The summed E-state index contributed by atoms with van der Waals surface area (Å²) in [6, 6.07) is 7.92. The molecule has 13 heavy (non-hydrogen) atoms. The molecule has 0 saturated carbocycles. The summed E-state index contributed by atoms with van der Waals surface area (Å²) < 4.78 is 13.3. The molecular formula is C12H11F. The monoisotopic (exact) mass is 174 g/mol. The molecule has 0 amide bonds. The van der Waals surface area contributed by atoms with Crippen LogP contribution in [0.15, 0.2) is 42.7 Å². The molecule has 0 aromatic heterocycles. The Morgan fingerprint density at radius 2 is 2.00 bits per heavy atom. The van der Waals surface area contributed by atoms with Gasteiger partial charge in [-0.25, -0.2) is 4.39 Å². The van der Waals surface area contributed by atoms with E-state index >= 15 is 0 Å². The Bertz CT molecular complexity index is 374. The summed E-state index contributed by atoms with van der Waals surface area (Å²) in [7, 11) is 0. The van der Waals surface area contributed by atoms with Crippen molar-refractivity contribution >= 4 is 5.57 Å². The quantitative estimate of drug-likeness (QED) is 0.611. The predicted molar refractivity (Wildman–Crippen MR) is 53.0 cm³/mol. The van der Waals surface area contributed by atoms with Crippen molar-refractivity contribution in [2.45, 2.75) is 12.8 Å². The summed E-state index contributed by atoms with van der Waals surface area (Å²) in [5.41, 5.74) is 2.89. The van der Waals surface area contributed by atoms with E-state index in [2.05, 4.69) is 6.58 Å². The van der Waals surface area contributed by atoms with Gasteiger partial charge >= 0.3 is 0 Å². The van der Waals surface area contributed by atoms with Crippen molar-refractivity contribution in [1.82, 2.24) is 0 Å². The van der Waals surface area contributed by atoms with Crippen molar-refractivity contribution < 1.29 is 4.39 Å². The Hall–Kier alpha value is -1.37. The van der Waals surface area contributed by atoms with E-state index in [4.69, 9.17) is 0 Å². The van der Waals surface area contributed by atoms with Crippen molar-refractivity contribution in [3.05, 3.63) is 53.9 Å². The summed E-state index contributed by atoms with van der Waals surface area (Å²) >= 11 is 0. The molecule has 0 nitrogen and oxygen atoms in total. The molecule has 1 aromatic rings. The molecule has 0 atom stereocenters. The summed E-state index contributed by atoms with van der Waals surface area (Å²) in [5.74, 6) is -0.0336. The summed E-state index contributed by atoms with van der Waals surface area (Å²) in [4.78, 5) is 0. The van der Waals surface area contributed by atoms with Gasteiger partial charge in [-0.2, -0.15) is 0 Å². The van der Waals surface area contributed by atoms with Crippen LogP contribution in [0.4, 0.5) is 4.39 Å². The molecule has 0 N–H and O–H groups in total. The molecule has 0 aliphatic heterocycles. The lowest BCUT2D eigenvalue weighted by molar-refractivity contribution is 0.587. The van der Waals surface area contributed by atoms with Crippen LogP contribution in [0, 0.1) is 0 Å². The fraction of sp³-hybridized carbons (Fsp3) is 0.167. The molecule has 0 fully saturated rings. The third kappa shape index (κ3) is 1.31. The minimum absolute atomic E-state index is 0.0336. The van der Waals surface area contributed by atoms with Gasteiger partial charge in [-0.15, -0.1) is 0 Å². The van der Waals surface area contributed by atoms with E-state index in [-0.39, 0.29) is 5.83 Å². The summed E-state index contributed by atoms with van der Waals surface area (Å²) in [6.45, 7) is 3.64. The highest BCUT2D eigenvalue weighted by atomic mass is 19.1. The number of hydrogen-bond donors (Lipinski definition) is 0. The smallest absolute Gasteiger partial charge is 0.108 e. The maximum atomic E-state index is 13.3. The lowest BCUT2D eigenvalue weighted by Gasteiger charge is -2.16. The molecule has 0 bridgehead atoms. The van der Waals surface area contributed by atoms with Crippen molar-refractivity contribution in [1.29, 1.82) is 0 Å². The lowest BCUT2D eigenvalue weighted by atomic mass is 9.90. The maximum Gasteiger partial charge on any atom is 0.108 e. The Balaban J connectivity index is 2.61. The van der Waals surface area contributed by atoms with Gasteiger partial charge in [0.1, 0.15) is 5.83 Å². The molecule has 0 spiro atoms. The van der Waals surface area contributed by atoms with E-state index in [0.29, 0.717) is 12.0 Å². The molecule has 1 aliphatic carbocycles. The zero-order valence-electron chi connectivity index (χ0n) is 7.39. The number of aryl methyl sites for hydroxylation is 1. The second-order valence-corrected chi connectivity index (χ2v) is 3.18. The molecule has 1 aliphatic rings. The van der Waals surface area contributed by atoms with Gasteiger partial charge in [0.25, 0.3) is 0 Å². The average molecular weight is 174 g/mol. The third-order valence-electron chi connectivity index (χ3n) is 2.42. The van der Waals surface area contributed by atoms with Crippen LogP contribution in [-0.4, -0.2) is 0 Å². The summed E-state index contributed by atoms with van der Waals surface area (Å²) in [5, 5.41) is 0. The predicted octanol–water partition coefficient (Wildman–Crippen LogP) is 3.50. The number of allylic oxidation sites excluding steroid dienone is 3. The van der Waals surface area contributed by atoms with Crippen LogP contribution in [0.25, 0.3) is 5.57 Å². The van der Waals surface area contributed by atoms with Crippen LogP contribution in [0.3, 0.4) is 0 Å². The van der Waals surface area contributed by atoms with Gasteiger partial charge < -0.3 is 0 Å². The second-order valence-electron chi connectivity index (χ2n) is 3.18. The molecule has 0 unspecified atom stereocenters. The van der Waals surface area contributed by atoms with Crippen molar-refractivity contribution in [3.63, 3.8) is 0 Å². The van der Waals surface area contributed by atoms with E-state index in [9.17, 15) is 4.39 Å². The molecule has 0 heterocycles. The van der Waals surface area contributed by atoms with Crippen molar-refractivity contribution in [2.75, 3.05) is 0 Å². The Kier molecular flexibility index (Phi) is 2.01. The van der Waals surface area contributed by atoms with Crippen LogP contribution in [-0.2, 0) is 6.42 Å². The molecule has 1 aromatic carbocycles. The van der Waals surface area contributed by atoms with Crippen LogP contribution >= 0.6 is 0 Å². The molecule has 0 radical (unpaired) electrons. The number of hydrogen-bond acceptors (Lipinski definition) is 0. The molecule has 0 saturated heterocycles. The first-order chi connectivity index (χ1) is 6.33. The highest BCUT2D eigenvalue weighted by molar-refractivity contribution is 5.78. The van der Waals surface area contributed by atoms with Crippen LogP contribution < -0.4 is 0 Å². The third-order valence-corrected chi connectivity index (χ3v) is 2.42. The zero-order chi connectivity index (χ0) is 9.26. The van der Waals surface area contributed by atoms with Crippen molar-refractivity contribution in [3.8, 4) is 0 Å². The van der Waals surface area contributed by atoms with Gasteiger partial charge in [0.05, 0.1) is 0 Å². The first-order valence-corrected chi connectivity index (χ1v) is 4.42. The molecule has 2 rings (SSSR count). The van der Waals surface area contributed by atoms with Gasteiger partial charge in [-0.05, 0) is 17.5 Å². The standard InChI is InChI=1S/C12H11F/c1-2-10-11-6-4-3-5-9(11)7-8-12(10)13/h2-6H,1,7-8H2. The first kappa shape index (κ1) is 8.24. The van der Waals surface area contributed by atoms with Gasteiger partial charge in [-0.3, -0.25) is 0 Å². The molecule has 66 valence electrons. The average Bonchev–Trinajstić information content (AvgIpc) is 2.18. The molecule has 1 heteroatoms. The highest BCUT2D eigenvalue weighted by Gasteiger charge is 2.15. The normalized spacial score (nSPS) is 15.5. The minimum atomic E-state index is -0.0336. The SMILES string of the molecule is C=CC1=C(F)CCc2ccccc21. The van der Waals surface area contributed by atoms with Crippen LogP contribution in [0.2, 0.25) is 0 Å². The second kappa shape index (κ2) is 3.17. The van der Waals surface area contributed by atoms with Gasteiger partial charge in [0.2, 0.25) is 0 Å². The Labute approximate surface area is 77.4 Å². The van der Waals surface area contributed by atoms with Gasteiger partial charge in [0.15, 0.2) is 0 Å². The van der Waals surface area contributed by atoms with Gasteiger partial charge in [-0.1, -0.05) is 36.9 Å². The Morgan fingerprint density at radius 1 is 1.23 bits per heavy atom. The fourth-order valence-electron chi connectivity index (χ4n) is 1.75. The van der Waals surface area contributed by atoms with Crippen molar-refractivity contribution in [2.24, 2.45) is 0 Å². The number of fused-ring (bicyclic) bond motifs is 1. The minimum Gasteiger partial charge on any atom is -0.211 e. The van der Waals surface area contributed by atoms with E-state index in [1.54, 1.807) is 6.08 Å². The van der Waals surface area contributed by atoms with E-state index < -0.39 is 0 Å². The topological polar surface area (TPSA) is 0 Å². The fourth-order valence-corrected chi connectivity index (χ4v) is 1.75.